The fourth-order valence-electron chi connectivity index (χ4n) is 4.73. The number of benzene rings is 1. The average molecular weight is 597 g/mol. The number of aryl methyl sites for hydroxylation is 1. The maximum atomic E-state index is 13.6. The lowest BCUT2D eigenvalue weighted by Gasteiger charge is -2.28. The van der Waals surface area contributed by atoms with E-state index in [1.807, 2.05) is 31.2 Å². The van der Waals surface area contributed by atoms with Gasteiger partial charge >= 0.3 is 5.97 Å². The summed E-state index contributed by atoms with van der Waals surface area (Å²) >= 11 is 1.56. The average Bonchev–Trinajstić information content (AvgIpc) is 3.54. The van der Waals surface area contributed by atoms with Crippen LogP contribution in [0.2, 0.25) is 0 Å². The fraction of sp³-hybridized carbons (Fsp3) is 0.516. The van der Waals surface area contributed by atoms with Crippen molar-refractivity contribution >= 4 is 46.5 Å². The fourth-order valence-corrected chi connectivity index (χ4v) is 5.55. The van der Waals surface area contributed by atoms with Gasteiger partial charge in [-0.2, -0.15) is 0 Å². The molecule has 0 bridgehead atoms. The summed E-state index contributed by atoms with van der Waals surface area (Å²) in [4.78, 5) is 73.2. The number of hydrogen-bond donors (Lipinski definition) is 2. The van der Waals surface area contributed by atoms with Crippen LogP contribution < -0.4 is 5.32 Å². The highest BCUT2D eigenvalue weighted by molar-refractivity contribution is 7.13. The number of ketones is 1. The first kappa shape index (κ1) is 32.8. The molecule has 1 aromatic carbocycles. The molecule has 1 aliphatic heterocycles. The predicted molar refractivity (Wildman–Crippen MR) is 161 cm³/mol. The third-order valence-corrected chi connectivity index (χ3v) is 8.04. The minimum atomic E-state index is -0.974. The minimum absolute atomic E-state index is 0.0235. The molecule has 3 amide bonds. The van der Waals surface area contributed by atoms with Crippen LogP contribution in [-0.2, 0) is 30.5 Å². The van der Waals surface area contributed by atoms with Gasteiger partial charge < -0.3 is 15.3 Å². The Labute approximate surface area is 250 Å². The van der Waals surface area contributed by atoms with Crippen molar-refractivity contribution in [3.05, 3.63) is 41.0 Å². The molecule has 0 aliphatic carbocycles. The Bertz CT molecular complexity index is 1330. The largest absolute Gasteiger partial charge is 0.481 e. The van der Waals surface area contributed by atoms with Crippen LogP contribution in [-0.4, -0.2) is 62.8 Å². The Balaban J connectivity index is 1.60. The van der Waals surface area contributed by atoms with Crippen molar-refractivity contribution < 1.29 is 29.1 Å². The summed E-state index contributed by atoms with van der Waals surface area (Å²) in [5.74, 6) is -2.48. The predicted octanol–water partition coefficient (Wildman–Crippen LogP) is 4.73. The van der Waals surface area contributed by atoms with Gasteiger partial charge in [0.1, 0.15) is 11.8 Å². The van der Waals surface area contributed by atoms with Crippen LogP contribution in [0.3, 0.4) is 0 Å². The van der Waals surface area contributed by atoms with Crippen LogP contribution >= 0.6 is 11.3 Å². The zero-order valence-electron chi connectivity index (χ0n) is 24.8. The Morgan fingerprint density at radius 1 is 1.05 bits per heavy atom. The molecule has 0 saturated carbocycles. The number of hydrogen-bond acceptors (Lipinski definition) is 7. The van der Waals surface area contributed by atoms with E-state index in [4.69, 9.17) is 5.11 Å². The van der Waals surface area contributed by atoms with Crippen molar-refractivity contribution in [3.8, 4) is 10.4 Å². The van der Waals surface area contributed by atoms with E-state index in [9.17, 15) is 24.0 Å². The number of carboxylic acid groups (broad SMARTS) is 1. The van der Waals surface area contributed by atoms with E-state index in [2.05, 4.69) is 15.3 Å². The molecular weight excluding hydrogens is 556 g/mol. The zero-order chi connectivity index (χ0) is 30.9. The Morgan fingerprint density at radius 2 is 1.69 bits per heavy atom. The summed E-state index contributed by atoms with van der Waals surface area (Å²) in [5, 5.41) is 11.6. The van der Waals surface area contributed by atoms with Crippen molar-refractivity contribution in [1.29, 1.82) is 0 Å². The summed E-state index contributed by atoms with van der Waals surface area (Å²) in [6.45, 7) is 7.29. The van der Waals surface area contributed by atoms with Crippen molar-refractivity contribution in [3.63, 3.8) is 0 Å². The summed E-state index contributed by atoms with van der Waals surface area (Å²) in [7, 11) is 0. The number of aromatic nitrogens is 1. The third kappa shape index (κ3) is 9.40. The van der Waals surface area contributed by atoms with Crippen LogP contribution in [0.5, 0.6) is 0 Å². The molecule has 1 atom stereocenters. The van der Waals surface area contributed by atoms with E-state index in [-0.39, 0.29) is 43.8 Å². The van der Waals surface area contributed by atoms with Crippen molar-refractivity contribution in [1.82, 2.24) is 15.2 Å². The molecule has 0 radical (unpaired) electrons. The summed E-state index contributed by atoms with van der Waals surface area (Å²) in [5.41, 5.74) is 3.92. The van der Waals surface area contributed by atoms with Crippen LogP contribution in [0.25, 0.3) is 10.4 Å². The summed E-state index contributed by atoms with van der Waals surface area (Å²) in [6, 6.07) is 6.81. The quantitative estimate of drug-likeness (QED) is 0.251. The lowest BCUT2D eigenvalue weighted by molar-refractivity contribution is -0.137. The molecule has 1 aliphatic rings. The van der Waals surface area contributed by atoms with Crippen LogP contribution in [0.15, 0.2) is 34.8 Å². The summed E-state index contributed by atoms with van der Waals surface area (Å²) in [6.07, 6.45) is 3.75. The van der Waals surface area contributed by atoms with Gasteiger partial charge in [0.25, 0.3) is 5.91 Å². The topological polar surface area (TPSA) is 146 Å². The molecular formula is C31H40N4O6S. The molecule has 226 valence electrons. The SMILES string of the molecule is Cc1ncsc1-c1ccc(CNC(=O)[C@@H]2CC(=O)CN2C(=O)C(=NC(=O)CCCCCCCC(=O)O)C(C)(C)C)cc1. The van der Waals surface area contributed by atoms with Gasteiger partial charge in [-0.3, -0.25) is 24.0 Å². The number of carboxylic acids is 1. The molecule has 1 fully saturated rings. The first-order valence-electron chi connectivity index (χ1n) is 14.3. The van der Waals surface area contributed by atoms with E-state index in [1.165, 1.54) is 4.90 Å². The van der Waals surface area contributed by atoms with Gasteiger partial charge in [-0.1, -0.05) is 64.3 Å². The number of carbonyl (C=O) groups is 5. The number of aliphatic imine (C=N–C) groups is 1. The second kappa shape index (κ2) is 14.9. The second-order valence-corrected chi connectivity index (χ2v) is 12.5. The van der Waals surface area contributed by atoms with Gasteiger partial charge in [-0.05, 0) is 30.9 Å². The molecule has 1 aromatic heterocycles. The molecule has 0 spiro atoms. The number of likely N-dealkylation sites (tertiary alicyclic amines) is 1. The number of nitrogens with one attached hydrogen (secondary N) is 1. The number of amides is 3. The van der Waals surface area contributed by atoms with Gasteiger partial charge in [0.15, 0.2) is 5.78 Å². The van der Waals surface area contributed by atoms with Crippen molar-refractivity contribution in [2.75, 3.05) is 6.54 Å². The smallest absolute Gasteiger partial charge is 0.303 e. The van der Waals surface area contributed by atoms with Crippen LogP contribution in [0.4, 0.5) is 0 Å². The normalized spacial score (nSPS) is 15.6. The molecule has 0 unspecified atom stereocenters. The molecule has 11 heteroatoms. The van der Waals surface area contributed by atoms with E-state index in [0.29, 0.717) is 12.8 Å². The molecule has 2 N–H and O–H groups in total. The van der Waals surface area contributed by atoms with E-state index in [1.54, 1.807) is 37.6 Å². The Kier molecular flexibility index (Phi) is 11.7. The highest BCUT2D eigenvalue weighted by Crippen LogP contribution is 2.27. The van der Waals surface area contributed by atoms with E-state index in [0.717, 1.165) is 41.0 Å². The lowest BCUT2D eigenvalue weighted by Crippen LogP contribution is -2.50. The number of carbonyl (C=O) groups excluding carboxylic acids is 4. The molecule has 10 nitrogen and oxygen atoms in total. The maximum absolute atomic E-state index is 13.6. The minimum Gasteiger partial charge on any atom is -0.481 e. The highest BCUT2D eigenvalue weighted by atomic mass is 32.1. The van der Waals surface area contributed by atoms with Gasteiger partial charge in [0, 0.05) is 31.2 Å². The molecule has 2 heterocycles. The van der Waals surface area contributed by atoms with E-state index >= 15 is 0 Å². The van der Waals surface area contributed by atoms with Crippen LogP contribution in [0.1, 0.15) is 83.4 Å². The number of nitrogens with zero attached hydrogens (tertiary/aromatic N) is 3. The Morgan fingerprint density at radius 3 is 2.29 bits per heavy atom. The number of unbranched alkanes of at least 4 members (excludes halogenated alkanes) is 4. The monoisotopic (exact) mass is 596 g/mol. The Hall–Kier alpha value is -3.73. The number of aliphatic carboxylic acids is 1. The molecule has 2 aromatic rings. The van der Waals surface area contributed by atoms with Crippen molar-refractivity contribution in [2.45, 2.75) is 91.6 Å². The molecule has 3 rings (SSSR count). The summed E-state index contributed by atoms with van der Waals surface area (Å²) < 4.78 is 0. The molecule has 1 saturated heterocycles. The van der Waals surface area contributed by atoms with Gasteiger partial charge in [-0.15, -0.1) is 11.3 Å². The first-order valence-corrected chi connectivity index (χ1v) is 15.2. The first-order chi connectivity index (χ1) is 19.9. The zero-order valence-corrected chi connectivity index (χ0v) is 25.6. The maximum Gasteiger partial charge on any atom is 0.303 e. The van der Waals surface area contributed by atoms with Crippen molar-refractivity contribution in [2.24, 2.45) is 10.4 Å². The number of rotatable bonds is 13. The standard InChI is InChI=1S/C31H40N4O6S/c1-20-27(42-19-33-20)22-14-12-21(13-15-22)17-32-29(40)24-16-23(36)18-35(24)30(41)28(31(2,3)4)34-25(37)10-8-6-5-7-9-11-26(38)39/h12-15,19,24H,5-11,16-18H2,1-4H3,(H,32,40)(H,38,39)/t24-/m0/s1. The van der Waals surface area contributed by atoms with Gasteiger partial charge in [-0.25, -0.2) is 9.98 Å². The van der Waals surface area contributed by atoms with Gasteiger partial charge in [0.05, 0.1) is 22.6 Å². The lowest BCUT2D eigenvalue weighted by atomic mass is 9.88. The number of thiazole rings is 1. The third-order valence-electron chi connectivity index (χ3n) is 7.07. The second-order valence-electron chi connectivity index (χ2n) is 11.6. The number of Topliss-reactive ketones (excluding diaryl/α,β-unsaturated/α-hetero) is 1. The molecule has 42 heavy (non-hydrogen) atoms. The van der Waals surface area contributed by atoms with Gasteiger partial charge in [0.2, 0.25) is 11.8 Å². The van der Waals surface area contributed by atoms with E-state index < -0.39 is 35.1 Å². The van der Waals surface area contributed by atoms with Crippen LogP contribution in [0, 0.1) is 12.3 Å². The highest BCUT2D eigenvalue weighted by Gasteiger charge is 2.42.